The molecular formula is C18H26N2O2. The number of nitrogens with one attached hydrogen (secondary N) is 2. The van der Waals surface area contributed by atoms with E-state index in [2.05, 4.69) is 56.5 Å². The maximum Gasteiger partial charge on any atom is 0.242 e. The predicted octanol–water partition coefficient (Wildman–Crippen LogP) is 2.23. The van der Waals surface area contributed by atoms with Gasteiger partial charge in [-0.1, -0.05) is 39.0 Å². The molecule has 120 valence electrons. The number of carbonyl (C=O) groups excluding carboxylic acids is 2. The summed E-state index contributed by atoms with van der Waals surface area (Å²) in [7, 11) is 0. The molecule has 2 rings (SSSR count). The molecule has 1 aliphatic rings. The highest BCUT2D eigenvalue weighted by Crippen LogP contribution is 2.24. The maximum absolute atomic E-state index is 11.9. The van der Waals surface area contributed by atoms with Crippen molar-refractivity contribution >= 4 is 11.8 Å². The third-order valence-electron chi connectivity index (χ3n) is 4.21. The Morgan fingerprint density at radius 3 is 2.64 bits per heavy atom. The zero-order valence-corrected chi connectivity index (χ0v) is 14.0. The van der Waals surface area contributed by atoms with Crippen LogP contribution in [0.5, 0.6) is 0 Å². The topological polar surface area (TPSA) is 58.2 Å². The Morgan fingerprint density at radius 2 is 2.09 bits per heavy atom. The highest BCUT2D eigenvalue weighted by Gasteiger charge is 2.26. The Hall–Kier alpha value is -1.84. The molecule has 1 unspecified atom stereocenters. The molecule has 1 aromatic carbocycles. The fourth-order valence-electron chi connectivity index (χ4n) is 2.70. The lowest BCUT2D eigenvalue weighted by Gasteiger charge is -2.20. The van der Waals surface area contributed by atoms with Gasteiger partial charge in [0.05, 0.1) is 0 Å². The molecule has 4 heteroatoms. The largest absolute Gasteiger partial charge is 0.354 e. The second-order valence-corrected chi connectivity index (χ2v) is 7.09. The molecule has 0 radical (unpaired) electrons. The van der Waals surface area contributed by atoms with Crippen molar-refractivity contribution in [1.82, 2.24) is 10.6 Å². The lowest BCUT2D eigenvalue weighted by Crippen LogP contribution is -2.42. The normalized spacial score (nSPS) is 18.2. The average molecular weight is 302 g/mol. The molecule has 1 saturated heterocycles. The Balaban J connectivity index is 1.87. The van der Waals surface area contributed by atoms with Gasteiger partial charge in [0, 0.05) is 13.0 Å². The minimum Gasteiger partial charge on any atom is -0.354 e. The van der Waals surface area contributed by atoms with E-state index in [0.29, 0.717) is 19.4 Å². The third-order valence-corrected chi connectivity index (χ3v) is 4.21. The summed E-state index contributed by atoms with van der Waals surface area (Å²) in [6, 6.07) is 6.20. The van der Waals surface area contributed by atoms with E-state index < -0.39 is 0 Å². The van der Waals surface area contributed by atoms with Crippen LogP contribution >= 0.6 is 0 Å². The van der Waals surface area contributed by atoms with Crippen LogP contribution in [0.1, 0.15) is 50.3 Å². The van der Waals surface area contributed by atoms with Crippen LogP contribution in [0.15, 0.2) is 18.2 Å². The lowest BCUT2D eigenvalue weighted by molar-refractivity contribution is -0.125. The molecule has 4 nitrogen and oxygen atoms in total. The number of benzene rings is 1. The minimum absolute atomic E-state index is 0.0336. The van der Waals surface area contributed by atoms with Crippen LogP contribution in [0.4, 0.5) is 0 Å². The highest BCUT2D eigenvalue weighted by molar-refractivity contribution is 5.90. The van der Waals surface area contributed by atoms with Gasteiger partial charge in [-0.25, -0.2) is 0 Å². The van der Waals surface area contributed by atoms with Crippen molar-refractivity contribution in [2.45, 2.75) is 58.4 Å². The molecule has 0 aliphatic carbocycles. The molecule has 1 fully saturated rings. The number of carbonyl (C=O) groups is 2. The Kier molecular flexibility index (Phi) is 4.89. The van der Waals surface area contributed by atoms with Crippen LogP contribution in [-0.2, 0) is 21.4 Å². The van der Waals surface area contributed by atoms with Crippen molar-refractivity contribution in [3.8, 4) is 0 Å². The van der Waals surface area contributed by atoms with Crippen molar-refractivity contribution in [1.29, 1.82) is 0 Å². The second kappa shape index (κ2) is 6.51. The fourth-order valence-corrected chi connectivity index (χ4v) is 2.70. The number of hydrogen-bond donors (Lipinski definition) is 2. The van der Waals surface area contributed by atoms with Crippen LogP contribution in [0.25, 0.3) is 0 Å². The van der Waals surface area contributed by atoms with Gasteiger partial charge >= 0.3 is 0 Å². The third kappa shape index (κ3) is 4.09. The molecule has 1 aromatic rings. The van der Waals surface area contributed by atoms with Gasteiger partial charge in [-0.15, -0.1) is 0 Å². The zero-order chi connectivity index (χ0) is 16.3. The Labute approximate surface area is 132 Å². The number of hydrogen-bond acceptors (Lipinski definition) is 2. The van der Waals surface area contributed by atoms with E-state index in [1.807, 2.05) is 0 Å². The zero-order valence-electron chi connectivity index (χ0n) is 14.0. The molecular weight excluding hydrogens is 276 g/mol. The smallest absolute Gasteiger partial charge is 0.242 e. The predicted molar refractivity (Wildman–Crippen MR) is 87.8 cm³/mol. The number of amides is 2. The quantitative estimate of drug-likeness (QED) is 0.896. The van der Waals surface area contributed by atoms with E-state index in [4.69, 9.17) is 0 Å². The molecule has 22 heavy (non-hydrogen) atoms. The molecule has 1 heterocycles. The minimum atomic E-state index is -0.350. The first-order valence-electron chi connectivity index (χ1n) is 7.94. The summed E-state index contributed by atoms with van der Waals surface area (Å²) in [6.07, 6.45) is 1.86. The number of rotatable bonds is 4. The van der Waals surface area contributed by atoms with Gasteiger partial charge in [-0.2, -0.15) is 0 Å². The molecule has 1 aliphatic heterocycles. The molecule has 0 spiro atoms. The summed E-state index contributed by atoms with van der Waals surface area (Å²) < 4.78 is 0. The van der Waals surface area contributed by atoms with E-state index in [0.717, 1.165) is 6.42 Å². The maximum atomic E-state index is 11.9. The van der Waals surface area contributed by atoms with Gasteiger partial charge in [0.2, 0.25) is 11.8 Å². The fraction of sp³-hybridized carbons (Fsp3) is 0.556. The standard InChI is InChI=1S/C18H26N2O2/c1-12-11-14(18(2,3)4)6-5-13(12)9-10-19-17(22)15-7-8-16(21)20-15/h5-6,11,15H,7-10H2,1-4H3,(H,19,22)(H,20,21). The highest BCUT2D eigenvalue weighted by atomic mass is 16.2. The van der Waals surface area contributed by atoms with E-state index in [1.54, 1.807) is 0 Å². The summed E-state index contributed by atoms with van der Waals surface area (Å²) >= 11 is 0. The van der Waals surface area contributed by atoms with Gasteiger partial charge in [0.15, 0.2) is 0 Å². The van der Waals surface area contributed by atoms with Gasteiger partial charge in [0.1, 0.15) is 6.04 Å². The van der Waals surface area contributed by atoms with Gasteiger partial charge in [0.25, 0.3) is 0 Å². The summed E-state index contributed by atoms with van der Waals surface area (Å²) in [6.45, 7) is 9.33. The number of aryl methyl sites for hydroxylation is 1. The van der Waals surface area contributed by atoms with Crippen LogP contribution in [0, 0.1) is 6.92 Å². The van der Waals surface area contributed by atoms with Crippen LogP contribution in [0.3, 0.4) is 0 Å². The van der Waals surface area contributed by atoms with E-state index >= 15 is 0 Å². The van der Waals surface area contributed by atoms with Crippen molar-refractivity contribution < 1.29 is 9.59 Å². The van der Waals surface area contributed by atoms with Gasteiger partial charge in [-0.3, -0.25) is 9.59 Å². The summed E-state index contributed by atoms with van der Waals surface area (Å²) in [5.41, 5.74) is 3.99. The first-order valence-corrected chi connectivity index (χ1v) is 7.94. The summed E-state index contributed by atoms with van der Waals surface area (Å²) in [4.78, 5) is 23.0. The van der Waals surface area contributed by atoms with E-state index in [-0.39, 0.29) is 23.3 Å². The van der Waals surface area contributed by atoms with Crippen LogP contribution < -0.4 is 10.6 Å². The van der Waals surface area contributed by atoms with Gasteiger partial charge in [-0.05, 0) is 41.9 Å². The van der Waals surface area contributed by atoms with Crippen molar-refractivity contribution in [2.75, 3.05) is 6.54 Å². The van der Waals surface area contributed by atoms with Crippen LogP contribution in [-0.4, -0.2) is 24.4 Å². The van der Waals surface area contributed by atoms with Crippen LogP contribution in [0.2, 0.25) is 0 Å². The SMILES string of the molecule is Cc1cc(C(C)(C)C)ccc1CCNC(=O)C1CCC(=O)N1. The second-order valence-electron chi connectivity index (χ2n) is 7.09. The first kappa shape index (κ1) is 16.5. The van der Waals surface area contributed by atoms with Gasteiger partial charge < -0.3 is 10.6 Å². The molecule has 2 N–H and O–H groups in total. The molecule has 0 aromatic heterocycles. The molecule has 1 atom stereocenters. The van der Waals surface area contributed by atoms with Crippen molar-refractivity contribution in [2.24, 2.45) is 0 Å². The summed E-state index contributed by atoms with van der Waals surface area (Å²) in [5, 5.41) is 5.60. The monoisotopic (exact) mass is 302 g/mol. The van der Waals surface area contributed by atoms with Crippen molar-refractivity contribution in [3.63, 3.8) is 0 Å². The van der Waals surface area contributed by atoms with E-state index in [1.165, 1.54) is 16.7 Å². The van der Waals surface area contributed by atoms with E-state index in [9.17, 15) is 9.59 Å². The molecule has 2 amide bonds. The summed E-state index contributed by atoms with van der Waals surface area (Å²) in [5.74, 6) is -0.108. The Morgan fingerprint density at radius 1 is 1.36 bits per heavy atom. The Bertz CT molecular complexity index is 573. The lowest BCUT2D eigenvalue weighted by atomic mass is 9.85. The first-order chi connectivity index (χ1) is 10.3. The average Bonchev–Trinajstić information content (AvgIpc) is 2.86. The molecule has 0 saturated carbocycles. The van der Waals surface area contributed by atoms with Crippen molar-refractivity contribution in [3.05, 3.63) is 34.9 Å². The molecule has 0 bridgehead atoms.